The molecule has 176 valence electrons. The number of nitrogens with one attached hydrogen (secondary N) is 1. The first-order chi connectivity index (χ1) is 16.4. The van der Waals surface area contributed by atoms with Crippen LogP contribution in [0.4, 0.5) is 15.6 Å². The van der Waals surface area contributed by atoms with E-state index in [1.54, 1.807) is 6.92 Å². The summed E-state index contributed by atoms with van der Waals surface area (Å²) in [5.74, 6) is 1.45. The third-order valence-corrected chi connectivity index (χ3v) is 6.55. The molecule has 9 nitrogen and oxygen atoms in total. The van der Waals surface area contributed by atoms with Crippen molar-refractivity contribution in [1.29, 1.82) is 0 Å². The Hall–Kier alpha value is -3.66. The number of carbonyl (C=O) groups excluding carboxylic acids is 1. The van der Waals surface area contributed by atoms with Crippen molar-refractivity contribution in [3.8, 4) is 11.5 Å². The maximum atomic E-state index is 11.9. The van der Waals surface area contributed by atoms with E-state index >= 15 is 0 Å². The maximum absolute atomic E-state index is 11.9. The highest BCUT2D eigenvalue weighted by Crippen LogP contribution is 2.38. The Kier molecular flexibility index (Phi) is 5.82. The minimum absolute atomic E-state index is 0.0508. The molecule has 3 heterocycles. The van der Waals surface area contributed by atoms with Crippen LogP contribution in [0.3, 0.4) is 0 Å². The van der Waals surface area contributed by atoms with Gasteiger partial charge in [-0.1, -0.05) is 17.4 Å². The van der Waals surface area contributed by atoms with Gasteiger partial charge in [0.05, 0.1) is 18.4 Å². The number of benzene rings is 2. The third kappa shape index (κ3) is 4.16. The second kappa shape index (κ2) is 8.94. The Balaban J connectivity index is 1.61. The van der Waals surface area contributed by atoms with Crippen molar-refractivity contribution in [2.24, 2.45) is 5.10 Å². The number of fused-ring (bicyclic) bond motifs is 2. The van der Waals surface area contributed by atoms with Crippen LogP contribution in [0, 0.1) is 13.8 Å². The quantitative estimate of drug-likeness (QED) is 0.581. The average molecular weight is 480 g/mol. The summed E-state index contributed by atoms with van der Waals surface area (Å²) in [5.41, 5.74) is 5.37. The van der Waals surface area contributed by atoms with Gasteiger partial charge >= 0.3 is 6.09 Å². The van der Waals surface area contributed by atoms with Gasteiger partial charge in [-0.15, -0.1) is 10.2 Å². The number of aromatic nitrogens is 2. The van der Waals surface area contributed by atoms with Gasteiger partial charge in [-0.25, -0.2) is 9.80 Å². The molecule has 10 heteroatoms. The van der Waals surface area contributed by atoms with Crippen molar-refractivity contribution in [1.82, 2.24) is 10.2 Å². The van der Waals surface area contributed by atoms with Gasteiger partial charge in [0.25, 0.3) is 0 Å². The van der Waals surface area contributed by atoms with E-state index in [0.29, 0.717) is 18.0 Å². The number of carbonyl (C=O) groups is 1. The predicted molar refractivity (Wildman–Crippen MR) is 130 cm³/mol. The maximum Gasteiger partial charge on any atom is 0.411 e. The molecular formula is C24H25N5O4S. The fraction of sp³-hybridized carbons (Fsp3) is 0.333. The Bertz CT molecular complexity index is 1290. The molecule has 1 atom stereocenters. The second-order valence-corrected chi connectivity index (χ2v) is 9.35. The molecule has 0 saturated carbocycles. The number of anilines is 2. The van der Waals surface area contributed by atoms with Gasteiger partial charge in [0, 0.05) is 16.8 Å². The number of hydrazone groups is 1. The van der Waals surface area contributed by atoms with Gasteiger partial charge < -0.3 is 14.2 Å². The van der Waals surface area contributed by atoms with E-state index in [1.165, 1.54) is 11.3 Å². The van der Waals surface area contributed by atoms with Crippen LogP contribution in [0.2, 0.25) is 0 Å². The van der Waals surface area contributed by atoms with Crippen LogP contribution in [0.15, 0.2) is 35.4 Å². The topological polar surface area (TPSA) is 98.2 Å². The van der Waals surface area contributed by atoms with Crippen LogP contribution < -0.4 is 19.8 Å². The minimum Gasteiger partial charge on any atom is -0.454 e. The average Bonchev–Trinajstić information content (AvgIpc) is 3.41. The van der Waals surface area contributed by atoms with Gasteiger partial charge in [0.15, 0.2) is 11.5 Å². The molecule has 2 aliphatic rings. The summed E-state index contributed by atoms with van der Waals surface area (Å²) in [6.45, 7) is 8.29. The van der Waals surface area contributed by atoms with E-state index in [9.17, 15) is 4.79 Å². The lowest BCUT2D eigenvalue weighted by atomic mass is 9.93. The first kappa shape index (κ1) is 22.1. The van der Waals surface area contributed by atoms with E-state index < -0.39 is 6.09 Å². The van der Waals surface area contributed by atoms with Gasteiger partial charge in [0.1, 0.15) is 5.01 Å². The zero-order valence-corrected chi connectivity index (χ0v) is 20.2. The van der Waals surface area contributed by atoms with Crippen LogP contribution >= 0.6 is 11.3 Å². The van der Waals surface area contributed by atoms with Crippen LogP contribution in [-0.4, -0.2) is 41.4 Å². The molecular weight excluding hydrogens is 454 g/mol. The number of ether oxygens (including phenoxy) is 3. The molecule has 34 heavy (non-hydrogen) atoms. The Morgan fingerprint density at radius 3 is 2.71 bits per heavy atom. The van der Waals surface area contributed by atoms with Crippen molar-refractivity contribution in [3.05, 3.63) is 57.6 Å². The number of amides is 1. The van der Waals surface area contributed by atoms with Gasteiger partial charge in [-0.2, -0.15) is 5.10 Å². The lowest BCUT2D eigenvalue weighted by Gasteiger charge is -2.22. The van der Waals surface area contributed by atoms with Gasteiger partial charge in [-0.3, -0.25) is 5.32 Å². The molecule has 2 aromatic carbocycles. The molecule has 0 spiro atoms. The molecule has 1 aromatic heterocycles. The molecule has 2 aliphatic heterocycles. The molecule has 0 saturated heterocycles. The van der Waals surface area contributed by atoms with Crippen molar-refractivity contribution in [2.45, 2.75) is 40.2 Å². The van der Waals surface area contributed by atoms with E-state index in [2.05, 4.69) is 22.4 Å². The summed E-state index contributed by atoms with van der Waals surface area (Å²) in [4.78, 5) is 11.9. The number of hydrogen-bond acceptors (Lipinski definition) is 9. The third-order valence-electron chi connectivity index (χ3n) is 5.72. The van der Waals surface area contributed by atoms with E-state index in [-0.39, 0.29) is 12.8 Å². The fourth-order valence-corrected chi connectivity index (χ4v) is 4.83. The van der Waals surface area contributed by atoms with Crippen LogP contribution in [0.25, 0.3) is 0 Å². The molecule has 0 aliphatic carbocycles. The standard InChI is InChI=1S/C24H25N5O4S/c1-5-31-24(30)25-19-7-6-16(8-13(19)2)22-18-11-21-20(32-12-33-21)10-17(18)9-14(3)29(28-22)23-27-26-15(4)34-23/h6-8,10-11,14H,5,9,12H2,1-4H3,(H,25,30). The van der Waals surface area contributed by atoms with E-state index in [0.717, 1.165) is 50.3 Å². The monoisotopic (exact) mass is 479 g/mol. The molecule has 1 unspecified atom stereocenters. The van der Waals surface area contributed by atoms with E-state index in [1.807, 2.05) is 49.2 Å². The summed E-state index contributed by atoms with van der Waals surface area (Å²) in [5, 5.41) is 20.0. The largest absolute Gasteiger partial charge is 0.454 e. The molecule has 5 rings (SSSR count). The zero-order chi connectivity index (χ0) is 23.8. The van der Waals surface area contributed by atoms with Crippen molar-refractivity contribution < 1.29 is 19.0 Å². The van der Waals surface area contributed by atoms with Gasteiger partial charge in [0.2, 0.25) is 11.9 Å². The summed E-state index contributed by atoms with van der Waals surface area (Å²) < 4.78 is 16.3. The first-order valence-electron chi connectivity index (χ1n) is 11.1. The van der Waals surface area contributed by atoms with Gasteiger partial charge in [-0.05, 0) is 69.5 Å². The Labute approximate surface area is 201 Å². The van der Waals surface area contributed by atoms with Crippen LogP contribution in [0.1, 0.15) is 41.1 Å². The SMILES string of the molecule is CCOC(=O)Nc1ccc(C2=NN(c3nnc(C)s3)C(C)Cc3cc4c(cc32)OCO4)cc1C. The van der Waals surface area contributed by atoms with Crippen molar-refractivity contribution in [3.63, 3.8) is 0 Å². The Morgan fingerprint density at radius 1 is 1.21 bits per heavy atom. The molecule has 0 radical (unpaired) electrons. The summed E-state index contributed by atoms with van der Waals surface area (Å²) in [6, 6.07) is 9.91. The zero-order valence-electron chi connectivity index (χ0n) is 19.4. The van der Waals surface area contributed by atoms with Crippen molar-refractivity contribution >= 4 is 34.0 Å². The lowest BCUT2D eigenvalue weighted by molar-refractivity contribution is 0.168. The summed E-state index contributed by atoms with van der Waals surface area (Å²) >= 11 is 1.51. The second-order valence-electron chi connectivity index (χ2n) is 8.19. The molecule has 1 amide bonds. The highest BCUT2D eigenvalue weighted by atomic mass is 32.1. The summed E-state index contributed by atoms with van der Waals surface area (Å²) in [7, 11) is 0. The lowest BCUT2D eigenvalue weighted by Crippen LogP contribution is -2.29. The summed E-state index contributed by atoms with van der Waals surface area (Å²) in [6.07, 6.45) is 0.272. The normalized spacial score (nSPS) is 16.5. The predicted octanol–water partition coefficient (Wildman–Crippen LogP) is 4.66. The van der Waals surface area contributed by atoms with Crippen molar-refractivity contribution in [2.75, 3.05) is 23.7 Å². The number of nitrogens with zero attached hydrogens (tertiary/aromatic N) is 4. The minimum atomic E-state index is -0.477. The molecule has 0 bridgehead atoms. The first-order valence-corrected chi connectivity index (χ1v) is 11.9. The number of hydrogen-bond donors (Lipinski definition) is 1. The van der Waals surface area contributed by atoms with Crippen LogP contribution in [0.5, 0.6) is 11.5 Å². The highest BCUT2D eigenvalue weighted by Gasteiger charge is 2.29. The molecule has 3 aromatic rings. The molecule has 1 N–H and O–H groups in total. The molecule has 0 fully saturated rings. The smallest absolute Gasteiger partial charge is 0.411 e. The number of aryl methyl sites for hydroxylation is 2. The van der Waals surface area contributed by atoms with Crippen LogP contribution in [-0.2, 0) is 11.2 Å². The Morgan fingerprint density at radius 2 is 2.00 bits per heavy atom. The fourth-order valence-electron chi connectivity index (χ4n) is 4.09. The number of rotatable bonds is 4. The highest BCUT2D eigenvalue weighted by molar-refractivity contribution is 7.15. The van der Waals surface area contributed by atoms with E-state index in [4.69, 9.17) is 19.3 Å².